The first-order valence-electron chi connectivity index (χ1n) is 7.01. The van der Waals surface area contributed by atoms with Crippen molar-refractivity contribution in [2.45, 2.75) is 6.04 Å². The van der Waals surface area contributed by atoms with Gasteiger partial charge in [0.05, 0.1) is 0 Å². The number of imide groups is 1. The third-order valence-electron chi connectivity index (χ3n) is 4.14. The number of hydrogen-bond donors (Lipinski definition) is 1. The van der Waals surface area contributed by atoms with E-state index in [0.29, 0.717) is 16.8 Å². The lowest BCUT2D eigenvalue weighted by Crippen LogP contribution is -2.61. The third-order valence-corrected chi connectivity index (χ3v) is 4.39. The zero-order chi connectivity index (χ0) is 16.3. The second kappa shape index (κ2) is 4.66. The van der Waals surface area contributed by atoms with Crippen molar-refractivity contribution in [2.75, 3.05) is 14.1 Å². The smallest absolute Gasteiger partial charge is 0.270 e. The summed E-state index contributed by atoms with van der Waals surface area (Å²) in [6.45, 7) is 0. The number of carbonyl (C=O) groups excluding carboxylic acids is 2. The highest BCUT2D eigenvalue weighted by Gasteiger charge is 2.51. The van der Waals surface area contributed by atoms with Crippen molar-refractivity contribution < 1.29 is 14.2 Å². The second-order valence-corrected chi connectivity index (χ2v) is 5.95. The van der Waals surface area contributed by atoms with Crippen LogP contribution in [0, 0.1) is 0 Å². The predicted molar refractivity (Wildman–Crippen MR) is 83.5 cm³/mol. The number of imidazole rings is 1. The number of amidine groups is 1. The first-order valence-corrected chi connectivity index (χ1v) is 7.39. The van der Waals surface area contributed by atoms with Gasteiger partial charge in [-0.2, -0.15) is 0 Å². The fourth-order valence-corrected chi connectivity index (χ4v) is 2.98. The van der Waals surface area contributed by atoms with Crippen molar-refractivity contribution in [3.63, 3.8) is 0 Å². The fraction of sp³-hybridized carbons (Fsp3) is 0.200. The Morgan fingerprint density at radius 2 is 1.87 bits per heavy atom. The molecule has 8 heteroatoms. The number of amides is 3. The van der Waals surface area contributed by atoms with Gasteiger partial charge in [-0.15, -0.1) is 0 Å². The Morgan fingerprint density at radius 3 is 2.57 bits per heavy atom. The number of halogens is 1. The first-order chi connectivity index (χ1) is 11.0. The van der Waals surface area contributed by atoms with E-state index in [1.54, 1.807) is 23.7 Å². The molecule has 0 saturated carbocycles. The van der Waals surface area contributed by atoms with Gasteiger partial charge in [0.25, 0.3) is 5.91 Å². The molecule has 116 valence electrons. The average Bonchev–Trinajstić information content (AvgIpc) is 3.09. The Balaban J connectivity index is 1.79. The Kier molecular flexibility index (Phi) is 2.83. The molecule has 2 aliphatic heterocycles. The second-order valence-electron chi connectivity index (χ2n) is 5.52. The number of rotatable bonds is 1. The van der Waals surface area contributed by atoms with Gasteiger partial charge >= 0.3 is 12.0 Å². The highest BCUT2D eigenvalue weighted by atomic mass is 35.5. The Labute approximate surface area is 136 Å². The quantitative estimate of drug-likeness (QED) is 0.809. The van der Waals surface area contributed by atoms with Crippen LogP contribution in [0.4, 0.5) is 10.7 Å². The van der Waals surface area contributed by atoms with Crippen LogP contribution in [0.15, 0.2) is 35.5 Å². The molecular formula is C15H13ClN5O2+. The molecule has 0 aliphatic carbocycles. The number of aromatic amines is 1. The van der Waals surface area contributed by atoms with Gasteiger partial charge in [-0.05, 0) is 24.3 Å². The summed E-state index contributed by atoms with van der Waals surface area (Å²) in [6, 6.07) is 6.38. The summed E-state index contributed by atoms with van der Waals surface area (Å²) in [4.78, 5) is 34.5. The van der Waals surface area contributed by atoms with Crippen molar-refractivity contribution >= 4 is 35.3 Å². The van der Waals surface area contributed by atoms with Gasteiger partial charge in [-0.3, -0.25) is 14.6 Å². The van der Waals surface area contributed by atoms with Crippen molar-refractivity contribution in [3.05, 3.63) is 35.5 Å². The number of nitrogens with one attached hydrogen (secondary N) is 1. The number of hydrogen-bond acceptors (Lipinski definition) is 3. The summed E-state index contributed by atoms with van der Waals surface area (Å²) in [5.41, 5.74) is 1.77. The number of urea groups is 1. The van der Waals surface area contributed by atoms with Crippen LogP contribution < -0.4 is 4.57 Å². The van der Waals surface area contributed by atoms with Crippen molar-refractivity contribution in [2.24, 2.45) is 4.99 Å². The van der Waals surface area contributed by atoms with E-state index in [1.165, 1.54) is 11.9 Å². The normalized spacial score (nSPS) is 19.8. The summed E-state index contributed by atoms with van der Waals surface area (Å²) in [5.74, 6) is 0.683. The molecule has 1 aromatic carbocycles. The van der Waals surface area contributed by atoms with E-state index >= 15 is 0 Å². The van der Waals surface area contributed by atoms with Crippen LogP contribution in [0.1, 0.15) is 6.04 Å². The zero-order valence-electron chi connectivity index (χ0n) is 12.4. The number of carbonyl (C=O) groups is 2. The minimum Gasteiger partial charge on any atom is -0.270 e. The molecule has 1 aromatic heterocycles. The number of aliphatic imine (C=N–C) groups is 1. The average molecular weight is 331 g/mol. The van der Waals surface area contributed by atoms with Gasteiger partial charge in [0.2, 0.25) is 11.9 Å². The molecule has 0 radical (unpaired) electrons. The van der Waals surface area contributed by atoms with Crippen LogP contribution >= 0.6 is 11.6 Å². The van der Waals surface area contributed by atoms with Gasteiger partial charge in [-0.1, -0.05) is 16.6 Å². The summed E-state index contributed by atoms with van der Waals surface area (Å²) in [6.07, 6.45) is 1.83. The monoisotopic (exact) mass is 330 g/mol. The molecule has 23 heavy (non-hydrogen) atoms. The molecule has 1 N–H and O–H groups in total. The molecule has 1 unspecified atom stereocenters. The van der Waals surface area contributed by atoms with Gasteiger partial charge in [0, 0.05) is 24.7 Å². The largest absolute Gasteiger partial charge is 0.399 e. The van der Waals surface area contributed by atoms with E-state index in [4.69, 9.17) is 11.6 Å². The molecule has 3 heterocycles. The summed E-state index contributed by atoms with van der Waals surface area (Å²) in [7, 11) is 3.09. The van der Waals surface area contributed by atoms with Crippen LogP contribution in [0.5, 0.6) is 0 Å². The maximum atomic E-state index is 12.5. The lowest BCUT2D eigenvalue weighted by molar-refractivity contribution is -0.676. The molecule has 1 saturated heterocycles. The first kappa shape index (κ1) is 14.0. The minimum absolute atomic E-state index is 0.294. The Hall–Kier alpha value is -2.67. The molecule has 0 spiro atoms. The molecule has 4 rings (SSSR count). The zero-order valence-corrected chi connectivity index (χ0v) is 13.2. The standard InChI is InChI=1S/C15H12ClN5O2/c1-19-12-11(13(22)20(2)15(19)23)21-7-10(17-14(21)18-12)8-3-5-9(16)6-4-8/h3-7,11H,1-2H3/p+1. The van der Waals surface area contributed by atoms with Crippen molar-refractivity contribution in [1.29, 1.82) is 0 Å². The van der Waals surface area contributed by atoms with E-state index in [0.717, 1.165) is 16.2 Å². The summed E-state index contributed by atoms with van der Waals surface area (Å²) < 4.78 is 1.75. The lowest BCUT2D eigenvalue weighted by atomic mass is 10.1. The lowest BCUT2D eigenvalue weighted by Gasteiger charge is -2.30. The van der Waals surface area contributed by atoms with E-state index < -0.39 is 6.04 Å². The molecule has 1 atom stereocenters. The van der Waals surface area contributed by atoms with Gasteiger partial charge < -0.3 is 0 Å². The minimum atomic E-state index is -0.616. The van der Waals surface area contributed by atoms with E-state index in [2.05, 4.69) is 9.98 Å². The number of nitrogens with zero attached hydrogens (tertiary/aromatic N) is 4. The van der Waals surface area contributed by atoms with E-state index in [1.807, 2.05) is 18.3 Å². The highest BCUT2D eigenvalue weighted by molar-refractivity contribution is 6.30. The van der Waals surface area contributed by atoms with Gasteiger partial charge in [-0.25, -0.2) is 14.3 Å². The van der Waals surface area contributed by atoms with Gasteiger partial charge in [0.1, 0.15) is 11.9 Å². The van der Waals surface area contributed by atoms with Crippen LogP contribution in [0.3, 0.4) is 0 Å². The molecule has 2 aromatic rings. The number of likely N-dealkylation sites (N-methyl/N-ethyl adjacent to an activating group) is 2. The van der Waals surface area contributed by atoms with Gasteiger partial charge in [0.15, 0.2) is 0 Å². The topological polar surface area (TPSA) is 72.7 Å². The molecule has 0 bridgehead atoms. The van der Waals surface area contributed by atoms with E-state index in [-0.39, 0.29) is 11.9 Å². The molecule has 2 aliphatic rings. The maximum absolute atomic E-state index is 12.5. The summed E-state index contributed by atoms with van der Waals surface area (Å²) in [5, 5.41) is 0.657. The SMILES string of the molecule is CN1C(=O)C2C(=Nc3[nH]c(-c4ccc(Cl)cc4)c[n+]32)N(C)C1=O. The Bertz CT molecular complexity index is 870. The van der Waals surface area contributed by atoms with Crippen LogP contribution in [0.2, 0.25) is 5.02 Å². The fourth-order valence-electron chi connectivity index (χ4n) is 2.86. The molecule has 1 fully saturated rings. The van der Waals surface area contributed by atoms with Crippen LogP contribution in [-0.2, 0) is 4.79 Å². The summed E-state index contributed by atoms with van der Waals surface area (Å²) >= 11 is 5.91. The number of fused-ring (bicyclic) bond motifs is 3. The predicted octanol–water partition coefficient (Wildman–Crippen LogP) is 1.73. The van der Waals surface area contributed by atoms with E-state index in [9.17, 15) is 9.59 Å². The number of H-pyrrole nitrogens is 1. The third kappa shape index (κ3) is 1.90. The van der Waals surface area contributed by atoms with Crippen molar-refractivity contribution in [1.82, 2.24) is 14.8 Å². The van der Waals surface area contributed by atoms with Crippen LogP contribution in [-0.4, -0.2) is 46.7 Å². The maximum Gasteiger partial charge on any atom is 0.399 e. The van der Waals surface area contributed by atoms with Crippen LogP contribution in [0.25, 0.3) is 11.3 Å². The Morgan fingerprint density at radius 1 is 1.17 bits per heavy atom. The number of benzene rings is 1. The molecule has 3 amide bonds. The number of aromatic nitrogens is 2. The highest BCUT2D eigenvalue weighted by Crippen LogP contribution is 2.29. The molecular weight excluding hydrogens is 318 g/mol. The van der Waals surface area contributed by atoms with Crippen molar-refractivity contribution in [3.8, 4) is 11.3 Å². The molecule has 7 nitrogen and oxygen atoms in total.